The highest BCUT2D eigenvalue weighted by Crippen LogP contribution is 2.32. The molecule has 0 unspecified atom stereocenters. The summed E-state index contributed by atoms with van der Waals surface area (Å²) in [6, 6.07) is 11.4. The van der Waals surface area contributed by atoms with Gasteiger partial charge >= 0.3 is 0 Å². The molecule has 1 aliphatic heterocycles. The van der Waals surface area contributed by atoms with E-state index >= 15 is 0 Å². The first-order chi connectivity index (χ1) is 13.1. The maximum Gasteiger partial charge on any atom is 0.234 e. The van der Waals surface area contributed by atoms with E-state index in [-0.39, 0.29) is 12.7 Å². The number of carbonyl (C=O) groups excluding carboxylic acids is 1. The summed E-state index contributed by atoms with van der Waals surface area (Å²) < 4.78 is 21.2. The highest BCUT2D eigenvalue weighted by atomic mass is 16.7. The van der Waals surface area contributed by atoms with Crippen LogP contribution in [0, 0.1) is 0 Å². The lowest BCUT2D eigenvalue weighted by Gasteiger charge is -2.17. The Bertz CT molecular complexity index is 809. The van der Waals surface area contributed by atoms with Crippen LogP contribution in [0.25, 0.3) is 0 Å². The van der Waals surface area contributed by atoms with Gasteiger partial charge in [0.2, 0.25) is 12.7 Å². The van der Waals surface area contributed by atoms with Gasteiger partial charge in [-0.1, -0.05) is 12.1 Å². The Morgan fingerprint density at radius 2 is 1.78 bits per heavy atom. The summed E-state index contributed by atoms with van der Waals surface area (Å²) in [7, 11) is 5.11. The number of hydrogen-bond donors (Lipinski definition) is 1. The molecular weight excluding hydrogens is 348 g/mol. The van der Waals surface area contributed by atoms with Crippen molar-refractivity contribution in [2.75, 3.05) is 34.6 Å². The van der Waals surface area contributed by atoms with Gasteiger partial charge in [-0.15, -0.1) is 0 Å². The predicted molar refractivity (Wildman–Crippen MR) is 100 cm³/mol. The predicted octanol–water partition coefficient (Wildman–Crippen LogP) is 2.18. The molecule has 144 valence electrons. The second-order valence-electron chi connectivity index (χ2n) is 6.33. The molecule has 0 radical (unpaired) electrons. The number of likely N-dealkylation sites (N-methyl/N-ethyl adjacent to an activating group) is 1. The molecule has 0 atom stereocenters. The number of fused-ring (bicyclic) bond motifs is 1. The molecule has 2 aromatic carbocycles. The third-order valence-electron chi connectivity index (χ3n) is 4.24. The number of amides is 1. The minimum absolute atomic E-state index is 0.0457. The zero-order chi connectivity index (χ0) is 19.2. The second kappa shape index (κ2) is 8.64. The Kier molecular flexibility index (Phi) is 6.03. The van der Waals surface area contributed by atoms with Gasteiger partial charge in [0.25, 0.3) is 0 Å². The molecule has 2 aromatic rings. The van der Waals surface area contributed by atoms with E-state index in [0.717, 1.165) is 16.9 Å². The van der Waals surface area contributed by atoms with Crippen molar-refractivity contribution < 1.29 is 23.7 Å². The third-order valence-corrected chi connectivity index (χ3v) is 4.24. The molecule has 7 nitrogen and oxygen atoms in total. The number of nitrogens with one attached hydrogen (secondary N) is 1. The number of nitrogens with zero attached hydrogens (tertiary/aromatic N) is 1. The SMILES string of the molecule is COc1ccc(CN(C)CC(=O)NCc2ccc3c(c2)OCO3)cc1OC. The number of methoxy groups -OCH3 is 2. The number of benzene rings is 2. The lowest BCUT2D eigenvalue weighted by Crippen LogP contribution is -2.34. The largest absolute Gasteiger partial charge is 0.493 e. The van der Waals surface area contributed by atoms with Crippen LogP contribution in [-0.2, 0) is 17.9 Å². The van der Waals surface area contributed by atoms with E-state index in [0.29, 0.717) is 36.9 Å². The Balaban J connectivity index is 1.49. The Hall–Kier alpha value is -2.93. The summed E-state index contributed by atoms with van der Waals surface area (Å²) in [5, 5.41) is 2.93. The molecule has 0 spiro atoms. The number of ether oxygens (including phenoxy) is 4. The molecule has 0 aromatic heterocycles. The van der Waals surface area contributed by atoms with Crippen LogP contribution in [0.5, 0.6) is 23.0 Å². The molecule has 0 saturated heterocycles. The van der Waals surface area contributed by atoms with Crippen molar-refractivity contribution in [1.29, 1.82) is 0 Å². The van der Waals surface area contributed by atoms with Gasteiger partial charge in [-0.05, 0) is 42.4 Å². The summed E-state index contributed by atoms with van der Waals surface area (Å²) in [6.45, 7) is 1.60. The van der Waals surface area contributed by atoms with Crippen molar-refractivity contribution in [3.8, 4) is 23.0 Å². The average molecular weight is 372 g/mol. The van der Waals surface area contributed by atoms with Gasteiger partial charge in [-0.2, -0.15) is 0 Å². The first-order valence-electron chi connectivity index (χ1n) is 8.63. The number of rotatable bonds is 8. The minimum Gasteiger partial charge on any atom is -0.493 e. The maximum atomic E-state index is 12.2. The van der Waals surface area contributed by atoms with Crippen molar-refractivity contribution >= 4 is 5.91 Å². The van der Waals surface area contributed by atoms with Crippen molar-refractivity contribution in [3.05, 3.63) is 47.5 Å². The lowest BCUT2D eigenvalue weighted by atomic mass is 10.2. The van der Waals surface area contributed by atoms with Gasteiger partial charge < -0.3 is 24.3 Å². The molecule has 3 rings (SSSR count). The topological polar surface area (TPSA) is 69.3 Å². The van der Waals surface area contributed by atoms with Gasteiger partial charge in [0.05, 0.1) is 20.8 Å². The zero-order valence-corrected chi connectivity index (χ0v) is 15.8. The van der Waals surface area contributed by atoms with E-state index in [2.05, 4.69) is 5.32 Å². The number of hydrogen-bond acceptors (Lipinski definition) is 6. The quantitative estimate of drug-likeness (QED) is 0.766. The van der Waals surface area contributed by atoms with E-state index in [4.69, 9.17) is 18.9 Å². The van der Waals surface area contributed by atoms with Gasteiger partial charge in [0, 0.05) is 13.1 Å². The molecule has 1 heterocycles. The molecule has 0 bridgehead atoms. The van der Waals surface area contributed by atoms with Crippen LogP contribution in [0.3, 0.4) is 0 Å². The standard InChI is InChI=1S/C20H24N2O5/c1-22(11-15-5-6-16(24-2)18(9-15)25-3)12-20(23)21-10-14-4-7-17-19(8-14)27-13-26-17/h4-9H,10-13H2,1-3H3,(H,21,23). The van der Waals surface area contributed by atoms with Crippen molar-refractivity contribution in [2.45, 2.75) is 13.1 Å². The smallest absolute Gasteiger partial charge is 0.234 e. The first-order valence-corrected chi connectivity index (χ1v) is 8.63. The molecule has 0 aliphatic carbocycles. The summed E-state index contributed by atoms with van der Waals surface area (Å²) in [4.78, 5) is 14.2. The van der Waals surface area contributed by atoms with E-state index in [1.807, 2.05) is 48.3 Å². The van der Waals surface area contributed by atoms with Gasteiger partial charge in [0.1, 0.15) is 0 Å². The Labute approximate surface area is 158 Å². The van der Waals surface area contributed by atoms with Crippen molar-refractivity contribution in [1.82, 2.24) is 10.2 Å². The first kappa shape index (κ1) is 18.8. The second-order valence-corrected chi connectivity index (χ2v) is 6.33. The van der Waals surface area contributed by atoms with Crippen molar-refractivity contribution in [3.63, 3.8) is 0 Å². The summed E-state index contributed by atoms with van der Waals surface area (Å²) in [5.41, 5.74) is 2.01. The van der Waals surface area contributed by atoms with Crippen molar-refractivity contribution in [2.24, 2.45) is 0 Å². The normalized spacial score (nSPS) is 12.1. The highest BCUT2D eigenvalue weighted by Gasteiger charge is 2.14. The van der Waals surface area contributed by atoms with Crippen LogP contribution in [0.4, 0.5) is 0 Å². The van der Waals surface area contributed by atoms with Crippen LogP contribution >= 0.6 is 0 Å². The fraction of sp³-hybridized carbons (Fsp3) is 0.350. The van der Waals surface area contributed by atoms with Crippen LogP contribution in [0.2, 0.25) is 0 Å². The van der Waals surface area contributed by atoms with E-state index in [9.17, 15) is 4.79 Å². The molecule has 0 fully saturated rings. The fourth-order valence-electron chi connectivity index (χ4n) is 2.90. The molecule has 0 saturated carbocycles. The summed E-state index contributed by atoms with van der Waals surface area (Å²) in [6.07, 6.45) is 0. The molecular formula is C20H24N2O5. The summed E-state index contributed by atoms with van der Waals surface area (Å²) in [5.74, 6) is 2.77. The minimum atomic E-state index is -0.0457. The maximum absolute atomic E-state index is 12.2. The lowest BCUT2D eigenvalue weighted by molar-refractivity contribution is -0.122. The third kappa shape index (κ3) is 4.83. The molecule has 1 aliphatic rings. The fourth-order valence-corrected chi connectivity index (χ4v) is 2.90. The zero-order valence-electron chi connectivity index (χ0n) is 15.8. The van der Waals surface area contributed by atoms with Gasteiger partial charge in [-0.3, -0.25) is 9.69 Å². The van der Waals surface area contributed by atoms with Crippen LogP contribution in [-0.4, -0.2) is 45.4 Å². The molecule has 1 amide bonds. The van der Waals surface area contributed by atoms with Crippen LogP contribution < -0.4 is 24.3 Å². The van der Waals surface area contributed by atoms with Gasteiger partial charge in [-0.25, -0.2) is 0 Å². The number of carbonyl (C=O) groups is 1. The van der Waals surface area contributed by atoms with E-state index < -0.39 is 0 Å². The van der Waals surface area contributed by atoms with E-state index in [1.54, 1.807) is 14.2 Å². The Morgan fingerprint density at radius 3 is 2.56 bits per heavy atom. The molecule has 27 heavy (non-hydrogen) atoms. The van der Waals surface area contributed by atoms with Gasteiger partial charge in [0.15, 0.2) is 23.0 Å². The van der Waals surface area contributed by atoms with Crippen LogP contribution in [0.1, 0.15) is 11.1 Å². The Morgan fingerprint density at radius 1 is 1.04 bits per heavy atom. The average Bonchev–Trinajstić information content (AvgIpc) is 3.14. The highest BCUT2D eigenvalue weighted by molar-refractivity contribution is 5.78. The molecule has 1 N–H and O–H groups in total. The monoisotopic (exact) mass is 372 g/mol. The molecule has 7 heteroatoms. The summed E-state index contributed by atoms with van der Waals surface area (Å²) >= 11 is 0. The van der Waals surface area contributed by atoms with Crippen LogP contribution in [0.15, 0.2) is 36.4 Å². The van der Waals surface area contributed by atoms with E-state index in [1.165, 1.54) is 0 Å².